The molecule has 0 N–H and O–H groups in total. The summed E-state index contributed by atoms with van der Waals surface area (Å²) >= 11 is 5.97. The Morgan fingerprint density at radius 3 is 2.57 bits per heavy atom. The van der Waals surface area contributed by atoms with Crippen molar-refractivity contribution in [1.29, 1.82) is 0 Å². The maximum Gasteiger partial charge on any atom is 0.417 e. The van der Waals surface area contributed by atoms with E-state index in [1.807, 2.05) is 0 Å². The van der Waals surface area contributed by atoms with Gasteiger partial charge in [0.2, 0.25) is 0 Å². The van der Waals surface area contributed by atoms with Crippen LogP contribution < -0.4 is 0 Å². The van der Waals surface area contributed by atoms with Gasteiger partial charge in [0.15, 0.2) is 5.78 Å². The number of fused-ring (bicyclic) bond motifs is 1. The van der Waals surface area contributed by atoms with E-state index in [-0.39, 0.29) is 41.6 Å². The van der Waals surface area contributed by atoms with Crippen LogP contribution in [0.25, 0.3) is 16.5 Å². The highest BCUT2D eigenvalue weighted by molar-refractivity contribution is 6.34. The lowest BCUT2D eigenvalue weighted by Gasteiger charge is -2.18. The second kappa shape index (κ2) is 9.26. The Morgan fingerprint density at radius 1 is 1.20 bits per heavy atom. The van der Waals surface area contributed by atoms with Gasteiger partial charge in [-0.2, -0.15) is 23.0 Å². The molecule has 1 aliphatic carbocycles. The molecule has 0 radical (unpaired) electrons. The third-order valence-corrected chi connectivity index (χ3v) is 5.93. The predicted molar refractivity (Wildman–Crippen MR) is 118 cm³/mol. The Morgan fingerprint density at radius 2 is 1.91 bits per heavy atom. The molecular weight excluding hydrogens is 492 g/mol. The number of ether oxygens (including phenoxy) is 1. The number of rotatable bonds is 4. The molecule has 1 aromatic heterocycles. The van der Waals surface area contributed by atoms with Gasteiger partial charge < -0.3 is 4.74 Å². The van der Waals surface area contributed by atoms with Crippen molar-refractivity contribution in [1.82, 2.24) is 9.78 Å². The lowest BCUT2D eigenvalue weighted by Crippen LogP contribution is -2.27. The van der Waals surface area contributed by atoms with Gasteiger partial charge in [-0.05, 0) is 55.7 Å². The highest BCUT2D eigenvalue weighted by atomic mass is 35.5. The average Bonchev–Trinajstić information content (AvgIpc) is 3.19. The predicted octanol–water partition coefficient (Wildman–Crippen LogP) is 5.46. The molecule has 1 heterocycles. The number of benzene rings is 2. The molecule has 1 unspecified atom stereocenters. The fraction of sp³-hybridized carbons (Fsp3) is 0.250. The molecule has 0 amide bonds. The monoisotopic (exact) mass is 508 g/mol. The van der Waals surface area contributed by atoms with Crippen molar-refractivity contribution in [3.05, 3.63) is 70.1 Å². The average molecular weight is 509 g/mol. The number of hydrogen-bond donors (Lipinski definition) is 0. The van der Waals surface area contributed by atoms with Crippen molar-refractivity contribution in [2.45, 2.75) is 25.9 Å². The van der Waals surface area contributed by atoms with Crippen LogP contribution in [0.4, 0.5) is 17.6 Å². The molecule has 6 nitrogen and oxygen atoms in total. The van der Waals surface area contributed by atoms with Crippen LogP contribution in [0, 0.1) is 11.7 Å². The molecule has 182 valence electrons. The van der Waals surface area contributed by atoms with Crippen molar-refractivity contribution in [3.63, 3.8) is 0 Å². The van der Waals surface area contributed by atoms with Gasteiger partial charge in [0.05, 0.1) is 39.4 Å². The summed E-state index contributed by atoms with van der Waals surface area (Å²) in [6.45, 7) is 1.71. The molecule has 11 heteroatoms. The molecule has 0 bridgehead atoms. The van der Waals surface area contributed by atoms with Crippen LogP contribution in [-0.4, -0.2) is 34.0 Å². The Balaban J connectivity index is 1.86. The van der Waals surface area contributed by atoms with E-state index in [0.29, 0.717) is 10.7 Å². The zero-order valence-corrected chi connectivity index (χ0v) is 18.9. The Kier molecular flexibility index (Phi) is 6.50. The minimum absolute atomic E-state index is 0.0724. The van der Waals surface area contributed by atoms with E-state index in [0.717, 1.165) is 24.3 Å². The number of halogens is 5. The minimum atomic E-state index is -4.88. The first kappa shape index (κ1) is 24.6. The highest BCUT2D eigenvalue weighted by Crippen LogP contribution is 2.38. The van der Waals surface area contributed by atoms with Gasteiger partial charge in [-0.15, -0.1) is 0 Å². The Bertz CT molecular complexity index is 1390. The van der Waals surface area contributed by atoms with Crippen molar-refractivity contribution < 1.29 is 36.7 Å². The first-order valence-corrected chi connectivity index (χ1v) is 10.9. The van der Waals surface area contributed by atoms with Gasteiger partial charge in [0.1, 0.15) is 11.7 Å². The number of carbonyl (C=O) groups is 3. The first-order valence-electron chi connectivity index (χ1n) is 10.5. The molecular formula is C24H17ClF4N2O4. The zero-order valence-electron chi connectivity index (χ0n) is 18.2. The van der Waals surface area contributed by atoms with E-state index in [1.165, 1.54) is 12.1 Å². The SMILES string of the molecule is CCOC(=O)C1CCC(c2nn(C(=O)c3c(Cl)cccc3C(F)(F)F)c3cccc(F)c23)=CC1=O. The number of carbonyl (C=O) groups excluding carboxylic acids is 3. The van der Waals surface area contributed by atoms with Gasteiger partial charge >= 0.3 is 12.1 Å². The zero-order chi connectivity index (χ0) is 25.5. The van der Waals surface area contributed by atoms with E-state index >= 15 is 0 Å². The van der Waals surface area contributed by atoms with Crippen LogP contribution in [0.3, 0.4) is 0 Å². The van der Waals surface area contributed by atoms with Gasteiger partial charge in [-0.3, -0.25) is 14.4 Å². The minimum Gasteiger partial charge on any atom is -0.465 e. The summed E-state index contributed by atoms with van der Waals surface area (Å²) in [6.07, 6.45) is -3.55. The molecule has 0 fully saturated rings. The number of esters is 1. The van der Waals surface area contributed by atoms with Crippen LogP contribution in [-0.2, 0) is 20.5 Å². The largest absolute Gasteiger partial charge is 0.465 e. The number of ketones is 1. The van der Waals surface area contributed by atoms with Crippen molar-refractivity contribution >= 4 is 45.7 Å². The normalized spacial score (nSPS) is 16.3. The third kappa shape index (κ3) is 4.45. The van der Waals surface area contributed by atoms with Crippen molar-refractivity contribution in [3.8, 4) is 0 Å². The van der Waals surface area contributed by atoms with Crippen LogP contribution in [0.2, 0.25) is 5.02 Å². The lowest BCUT2D eigenvalue weighted by atomic mass is 9.86. The van der Waals surface area contributed by atoms with E-state index in [1.54, 1.807) is 6.92 Å². The second-order valence-corrected chi connectivity index (χ2v) is 8.18. The molecule has 1 aliphatic rings. The Labute approximate surface area is 201 Å². The molecule has 2 aromatic carbocycles. The van der Waals surface area contributed by atoms with Gasteiger partial charge in [0.25, 0.3) is 5.91 Å². The fourth-order valence-corrected chi connectivity index (χ4v) is 4.30. The van der Waals surface area contributed by atoms with Crippen LogP contribution in [0.15, 0.2) is 42.5 Å². The maximum absolute atomic E-state index is 14.9. The fourth-order valence-electron chi connectivity index (χ4n) is 4.04. The summed E-state index contributed by atoms with van der Waals surface area (Å²) in [5, 5.41) is 3.53. The van der Waals surface area contributed by atoms with E-state index in [4.69, 9.17) is 16.3 Å². The summed E-state index contributed by atoms with van der Waals surface area (Å²) in [4.78, 5) is 37.9. The highest BCUT2D eigenvalue weighted by Gasteiger charge is 2.38. The number of alkyl halides is 3. The summed E-state index contributed by atoms with van der Waals surface area (Å²) < 4.78 is 61.2. The van der Waals surface area contributed by atoms with Crippen molar-refractivity contribution in [2.75, 3.05) is 6.61 Å². The summed E-state index contributed by atoms with van der Waals surface area (Å²) in [5.74, 6) is -4.26. The molecule has 0 saturated carbocycles. The van der Waals surface area contributed by atoms with Crippen LogP contribution in [0.1, 0.15) is 41.4 Å². The van der Waals surface area contributed by atoms with Gasteiger partial charge in [-0.1, -0.05) is 23.7 Å². The van der Waals surface area contributed by atoms with E-state index in [2.05, 4.69) is 5.10 Å². The van der Waals surface area contributed by atoms with E-state index in [9.17, 15) is 31.9 Å². The number of aromatic nitrogens is 2. The topological polar surface area (TPSA) is 78.3 Å². The molecule has 1 atom stereocenters. The van der Waals surface area contributed by atoms with Crippen LogP contribution in [0.5, 0.6) is 0 Å². The molecule has 0 spiro atoms. The third-order valence-electron chi connectivity index (χ3n) is 5.62. The maximum atomic E-state index is 14.9. The van der Waals surface area contributed by atoms with Gasteiger partial charge in [-0.25, -0.2) is 4.39 Å². The molecule has 4 rings (SSSR count). The first-order chi connectivity index (χ1) is 16.5. The Hall–Kier alpha value is -3.53. The number of hydrogen-bond acceptors (Lipinski definition) is 5. The summed E-state index contributed by atoms with van der Waals surface area (Å²) in [7, 11) is 0. The van der Waals surface area contributed by atoms with Crippen molar-refractivity contribution in [2.24, 2.45) is 5.92 Å². The van der Waals surface area contributed by atoms with Crippen LogP contribution >= 0.6 is 11.6 Å². The number of allylic oxidation sites excluding steroid dienone is 2. The summed E-state index contributed by atoms with van der Waals surface area (Å²) in [5.41, 5.74) is -2.03. The second-order valence-electron chi connectivity index (χ2n) is 7.77. The number of nitrogens with zero attached hydrogens (tertiary/aromatic N) is 2. The smallest absolute Gasteiger partial charge is 0.417 e. The quantitative estimate of drug-likeness (QED) is 0.266. The molecule has 0 aliphatic heterocycles. The van der Waals surface area contributed by atoms with Gasteiger partial charge in [0, 0.05) is 0 Å². The molecule has 0 saturated heterocycles. The molecule has 35 heavy (non-hydrogen) atoms. The summed E-state index contributed by atoms with van der Waals surface area (Å²) in [6, 6.07) is 6.61. The standard InChI is InChI=1S/C24H17ClF4N2O4/c1-2-35-23(34)13-10-9-12(11-18(13)32)21-20-16(26)7-4-8-17(20)31(30-21)22(33)19-14(24(27,28)29)5-3-6-15(19)25/h3-8,11,13H,2,9-10H2,1H3. The molecule has 3 aromatic rings. The lowest BCUT2D eigenvalue weighted by molar-refractivity contribution is -0.151. The van der Waals surface area contributed by atoms with E-state index < -0.39 is 51.7 Å².